The molecule has 82 valence electrons. The molecule has 2 heterocycles. The van der Waals surface area contributed by atoms with Crippen molar-refractivity contribution in [2.24, 2.45) is 5.73 Å². The first-order valence-corrected chi connectivity index (χ1v) is 5.14. The van der Waals surface area contributed by atoms with E-state index in [9.17, 15) is 4.39 Å². The number of hydrogen-bond acceptors (Lipinski definition) is 3. The molecular weight excluding hydrogens is 207 g/mol. The maximum absolute atomic E-state index is 12.7. The Balaban J connectivity index is 1.95. The van der Waals surface area contributed by atoms with E-state index in [-0.39, 0.29) is 11.4 Å². The Morgan fingerprint density at radius 1 is 1.25 bits per heavy atom. The monoisotopic (exact) mass is 218 g/mol. The minimum atomic E-state index is -0.346. The molecule has 5 heteroatoms. The maximum Gasteiger partial charge on any atom is 0.141 e. The van der Waals surface area contributed by atoms with E-state index in [1.54, 1.807) is 12.3 Å². The van der Waals surface area contributed by atoms with Crippen molar-refractivity contribution >= 4 is 0 Å². The zero-order chi connectivity index (χ0) is 11.2. The lowest BCUT2D eigenvalue weighted by Crippen LogP contribution is -2.20. The second kappa shape index (κ2) is 3.12. The molecule has 0 aliphatic heterocycles. The van der Waals surface area contributed by atoms with Gasteiger partial charge in [-0.25, -0.2) is 9.37 Å². The van der Waals surface area contributed by atoms with Gasteiger partial charge in [-0.2, -0.15) is 0 Å². The third-order valence-electron chi connectivity index (χ3n) is 2.84. The average molecular weight is 218 g/mol. The van der Waals surface area contributed by atoms with E-state index in [0.717, 1.165) is 24.4 Å². The lowest BCUT2D eigenvalue weighted by Gasteiger charge is -2.02. The van der Waals surface area contributed by atoms with Crippen LogP contribution in [-0.2, 0) is 5.54 Å². The van der Waals surface area contributed by atoms with E-state index in [1.165, 1.54) is 12.3 Å². The van der Waals surface area contributed by atoms with Crippen LogP contribution in [-0.4, -0.2) is 15.0 Å². The quantitative estimate of drug-likeness (QED) is 0.803. The van der Waals surface area contributed by atoms with E-state index in [0.29, 0.717) is 5.69 Å². The number of nitrogens with one attached hydrogen (secondary N) is 1. The molecule has 3 N–H and O–H groups in total. The van der Waals surface area contributed by atoms with Crippen molar-refractivity contribution in [3.05, 3.63) is 36.2 Å². The highest BCUT2D eigenvalue weighted by Gasteiger charge is 2.42. The third-order valence-corrected chi connectivity index (χ3v) is 2.84. The molecule has 0 atom stereocenters. The average Bonchev–Trinajstić information content (AvgIpc) is 2.84. The summed E-state index contributed by atoms with van der Waals surface area (Å²) in [6.07, 6.45) is 4.78. The minimum Gasteiger partial charge on any atom is -0.339 e. The summed E-state index contributed by atoms with van der Waals surface area (Å²) < 4.78 is 12.7. The Morgan fingerprint density at radius 2 is 2.06 bits per heavy atom. The van der Waals surface area contributed by atoms with Crippen LogP contribution in [0, 0.1) is 5.82 Å². The smallest absolute Gasteiger partial charge is 0.141 e. The molecule has 0 spiro atoms. The van der Waals surface area contributed by atoms with E-state index < -0.39 is 0 Å². The molecule has 0 unspecified atom stereocenters. The normalized spacial score (nSPS) is 17.4. The van der Waals surface area contributed by atoms with Gasteiger partial charge in [-0.05, 0) is 25.0 Å². The summed E-state index contributed by atoms with van der Waals surface area (Å²) in [6.45, 7) is 0. The molecule has 1 aliphatic carbocycles. The molecule has 1 aliphatic rings. The van der Waals surface area contributed by atoms with Gasteiger partial charge in [0.05, 0.1) is 29.3 Å². The van der Waals surface area contributed by atoms with Crippen molar-refractivity contribution in [1.82, 2.24) is 15.0 Å². The largest absolute Gasteiger partial charge is 0.339 e. The number of halogens is 1. The SMILES string of the molecule is NC1(c2ncc(-c3ccc(F)cn3)[nH]2)CC1. The molecule has 0 amide bonds. The molecule has 0 bridgehead atoms. The zero-order valence-electron chi connectivity index (χ0n) is 8.57. The number of H-pyrrole nitrogens is 1. The summed E-state index contributed by atoms with van der Waals surface area (Å²) in [5, 5.41) is 0. The Kier molecular flexibility index (Phi) is 1.85. The van der Waals surface area contributed by atoms with Crippen LogP contribution < -0.4 is 5.73 Å². The first-order chi connectivity index (χ1) is 7.67. The van der Waals surface area contributed by atoms with Gasteiger partial charge in [0.1, 0.15) is 11.6 Å². The number of nitrogens with two attached hydrogens (primary N) is 1. The molecule has 1 saturated carbocycles. The Labute approximate surface area is 91.7 Å². The van der Waals surface area contributed by atoms with Crippen molar-refractivity contribution in [2.75, 3.05) is 0 Å². The number of pyridine rings is 1. The summed E-state index contributed by atoms with van der Waals surface area (Å²) in [7, 11) is 0. The summed E-state index contributed by atoms with van der Waals surface area (Å²) >= 11 is 0. The second-order valence-electron chi connectivity index (χ2n) is 4.16. The fourth-order valence-corrected chi connectivity index (χ4v) is 1.61. The van der Waals surface area contributed by atoms with Crippen LogP contribution in [0.15, 0.2) is 24.5 Å². The number of aromatic amines is 1. The molecular formula is C11H11FN4. The lowest BCUT2D eigenvalue weighted by atomic mass is 10.3. The molecule has 3 rings (SSSR count). The van der Waals surface area contributed by atoms with Crippen molar-refractivity contribution in [3.8, 4) is 11.4 Å². The minimum absolute atomic E-state index is 0.279. The van der Waals surface area contributed by atoms with E-state index in [1.807, 2.05) is 0 Å². The van der Waals surface area contributed by atoms with Gasteiger partial charge >= 0.3 is 0 Å². The summed E-state index contributed by atoms with van der Waals surface area (Å²) in [5.74, 6) is 0.439. The highest BCUT2D eigenvalue weighted by atomic mass is 19.1. The van der Waals surface area contributed by atoms with E-state index in [4.69, 9.17) is 5.73 Å². The second-order valence-corrected chi connectivity index (χ2v) is 4.16. The van der Waals surface area contributed by atoms with Gasteiger partial charge in [0.2, 0.25) is 0 Å². The van der Waals surface area contributed by atoms with Gasteiger partial charge in [-0.3, -0.25) is 4.98 Å². The van der Waals surface area contributed by atoms with Crippen LogP contribution in [0.2, 0.25) is 0 Å². The van der Waals surface area contributed by atoms with Gasteiger partial charge in [-0.1, -0.05) is 0 Å². The zero-order valence-corrected chi connectivity index (χ0v) is 8.57. The molecule has 1 fully saturated rings. The number of hydrogen-bond donors (Lipinski definition) is 2. The predicted molar refractivity (Wildman–Crippen MR) is 56.9 cm³/mol. The topological polar surface area (TPSA) is 67.6 Å². The molecule has 0 saturated heterocycles. The van der Waals surface area contributed by atoms with Gasteiger partial charge in [0, 0.05) is 0 Å². The summed E-state index contributed by atoms with van der Waals surface area (Å²) in [5.41, 5.74) is 7.17. The fourth-order valence-electron chi connectivity index (χ4n) is 1.61. The van der Waals surface area contributed by atoms with Crippen LogP contribution in [0.5, 0.6) is 0 Å². The third kappa shape index (κ3) is 1.49. The maximum atomic E-state index is 12.7. The van der Waals surface area contributed by atoms with Crippen LogP contribution in [0.1, 0.15) is 18.7 Å². The van der Waals surface area contributed by atoms with Crippen molar-refractivity contribution in [2.45, 2.75) is 18.4 Å². The lowest BCUT2D eigenvalue weighted by molar-refractivity contribution is 0.621. The first-order valence-electron chi connectivity index (χ1n) is 5.14. The highest BCUT2D eigenvalue weighted by molar-refractivity contribution is 5.53. The number of aromatic nitrogens is 3. The predicted octanol–water partition coefficient (Wildman–Crippen LogP) is 1.56. The number of rotatable bonds is 2. The molecule has 16 heavy (non-hydrogen) atoms. The van der Waals surface area contributed by atoms with Crippen LogP contribution in [0.3, 0.4) is 0 Å². The molecule has 2 aromatic rings. The van der Waals surface area contributed by atoms with Gasteiger partial charge in [0.25, 0.3) is 0 Å². The molecule has 0 radical (unpaired) electrons. The standard InChI is InChI=1S/C11H11FN4/c12-7-1-2-8(14-5-7)9-6-15-10(16-9)11(13)3-4-11/h1-2,5-6H,3-4,13H2,(H,15,16). The van der Waals surface area contributed by atoms with Gasteiger partial charge in [0.15, 0.2) is 0 Å². The highest BCUT2D eigenvalue weighted by Crippen LogP contribution is 2.41. The molecule has 2 aromatic heterocycles. The Morgan fingerprint density at radius 3 is 2.69 bits per heavy atom. The van der Waals surface area contributed by atoms with Gasteiger partial charge < -0.3 is 10.7 Å². The van der Waals surface area contributed by atoms with Gasteiger partial charge in [-0.15, -0.1) is 0 Å². The fraction of sp³-hybridized carbons (Fsp3) is 0.273. The van der Waals surface area contributed by atoms with E-state index in [2.05, 4.69) is 15.0 Å². The number of imidazole rings is 1. The van der Waals surface area contributed by atoms with Crippen molar-refractivity contribution < 1.29 is 4.39 Å². The van der Waals surface area contributed by atoms with Crippen LogP contribution in [0.25, 0.3) is 11.4 Å². The van der Waals surface area contributed by atoms with Crippen molar-refractivity contribution in [1.29, 1.82) is 0 Å². The first kappa shape index (κ1) is 9.47. The van der Waals surface area contributed by atoms with E-state index >= 15 is 0 Å². The Hall–Kier alpha value is -1.75. The number of nitrogens with zero attached hydrogens (tertiary/aromatic N) is 2. The van der Waals surface area contributed by atoms with Crippen LogP contribution >= 0.6 is 0 Å². The Bertz CT molecular complexity index is 513. The molecule has 0 aromatic carbocycles. The van der Waals surface area contributed by atoms with Crippen LogP contribution in [0.4, 0.5) is 4.39 Å². The van der Waals surface area contributed by atoms with Crippen molar-refractivity contribution in [3.63, 3.8) is 0 Å². The molecule has 4 nitrogen and oxygen atoms in total. The summed E-state index contributed by atoms with van der Waals surface area (Å²) in [6, 6.07) is 2.99. The summed E-state index contributed by atoms with van der Waals surface area (Å²) in [4.78, 5) is 11.3.